The summed E-state index contributed by atoms with van der Waals surface area (Å²) in [6.45, 7) is 0. The van der Waals surface area contributed by atoms with Crippen molar-refractivity contribution in [3.05, 3.63) is 77.9 Å². The van der Waals surface area contributed by atoms with Gasteiger partial charge in [0.1, 0.15) is 5.75 Å². The van der Waals surface area contributed by atoms with Crippen LogP contribution >= 0.6 is 0 Å². The molecule has 0 amide bonds. The van der Waals surface area contributed by atoms with Crippen molar-refractivity contribution < 1.29 is 4.74 Å². The van der Waals surface area contributed by atoms with E-state index in [1.54, 1.807) is 7.11 Å². The lowest BCUT2D eigenvalue weighted by Gasteiger charge is -2.03. The highest BCUT2D eigenvalue weighted by Gasteiger charge is 1.97. The van der Waals surface area contributed by atoms with Gasteiger partial charge < -0.3 is 4.74 Å². The molecule has 0 aliphatic carbocycles. The third-order valence-electron chi connectivity index (χ3n) is 3.34. The molecule has 3 rings (SSSR count). The molecule has 98 valence electrons. The highest BCUT2D eigenvalue weighted by molar-refractivity contribution is 5.87. The first-order valence-corrected chi connectivity index (χ1v) is 6.66. The highest BCUT2D eigenvalue weighted by atomic mass is 16.5. The molecular formula is C19H16O. The Morgan fingerprint density at radius 3 is 2.20 bits per heavy atom. The Morgan fingerprint density at radius 1 is 0.700 bits per heavy atom. The summed E-state index contributed by atoms with van der Waals surface area (Å²) in [7, 11) is 1.69. The van der Waals surface area contributed by atoms with Gasteiger partial charge in [-0.3, -0.25) is 0 Å². The van der Waals surface area contributed by atoms with Gasteiger partial charge in [-0.05, 0) is 40.1 Å². The van der Waals surface area contributed by atoms with Crippen LogP contribution < -0.4 is 4.74 Å². The van der Waals surface area contributed by atoms with E-state index in [4.69, 9.17) is 4.74 Å². The fraction of sp³-hybridized carbons (Fsp3) is 0.0526. The quantitative estimate of drug-likeness (QED) is 0.601. The fourth-order valence-electron chi connectivity index (χ4n) is 2.23. The summed E-state index contributed by atoms with van der Waals surface area (Å²) in [6, 6.07) is 22.9. The van der Waals surface area contributed by atoms with Crippen molar-refractivity contribution >= 4 is 22.9 Å². The van der Waals surface area contributed by atoms with Gasteiger partial charge in [-0.1, -0.05) is 60.7 Å². The minimum atomic E-state index is 0.894. The zero-order valence-corrected chi connectivity index (χ0v) is 11.4. The zero-order chi connectivity index (χ0) is 13.8. The first-order valence-electron chi connectivity index (χ1n) is 6.66. The van der Waals surface area contributed by atoms with Crippen LogP contribution in [0.15, 0.2) is 66.7 Å². The molecule has 1 heteroatoms. The third kappa shape index (κ3) is 2.72. The van der Waals surface area contributed by atoms with Crippen LogP contribution in [0.5, 0.6) is 5.75 Å². The van der Waals surface area contributed by atoms with Gasteiger partial charge in [-0.2, -0.15) is 0 Å². The topological polar surface area (TPSA) is 9.23 Å². The molecule has 0 saturated heterocycles. The monoisotopic (exact) mass is 260 g/mol. The molecule has 0 bridgehead atoms. The third-order valence-corrected chi connectivity index (χ3v) is 3.34. The summed E-state index contributed by atoms with van der Waals surface area (Å²) in [4.78, 5) is 0. The van der Waals surface area contributed by atoms with Crippen LogP contribution in [-0.2, 0) is 0 Å². The van der Waals surface area contributed by atoms with E-state index in [1.165, 1.54) is 21.9 Å². The Labute approximate surface area is 119 Å². The van der Waals surface area contributed by atoms with Gasteiger partial charge in [-0.15, -0.1) is 0 Å². The molecular weight excluding hydrogens is 244 g/mol. The van der Waals surface area contributed by atoms with E-state index in [9.17, 15) is 0 Å². The molecule has 0 unspecified atom stereocenters. The molecule has 20 heavy (non-hydrogen) atoms. The summed E-state index contributed by atoms with van der Waals surface area (Å²) in [5, 5.41) is 2.42. The van der Waals surface area contributed by atoms with E-state index in [-0.39, 0.29) is 0 Å². The van der Waals surface area contributed by atoms with Crippen LogP contribution in [0.4, 0.5) is 0 Å². The second kappa shape index (κ2) is 5.62. The standard InChI is InChI=1S/C19H16O/c1-20-19-12-11-17-13-16(9-10-18(17)14-19)8-7-15-5-3-2-4-6-15/h2-14H,1H3/b8-7+. The Morgan fingerprint density at radius 2 is 1.40 bits per heavy atom. The van der Waals surface area contributed by atoms with Crippen molar-refractivity contribution in [3.63, 3.8) is 0 Å². The average molecular weight is 260 g/mol. The molecule has 0 heterocycles. The maximum Gasteiger partial charge on any atom is 0.119 e. The van der Waals surface area contributed by atoms with E-state index in [0.717, 1.165) is 5.75 Å². The zero-order valence-electron chi connectivity index (χ0n) is 11.4. The van der Waals surface area contributed by atoms with E-state index in [0.29, 0.717) is 0 Å². The van der Waals surface area contributed by atoms with Crippen molar-refractivity contribution in [2.45, 2.75) is 0 Å². The maximum absolute atomic E-state index is 5.24. The van der Waals surface area contributed by atoms with Gasteiger partial charge in [0.05, 0.1) is 7.11 Å². The summed E-state index contributed by atoms with van der Waals surface area (Å²) in [5.74, 6) is 0.894. The molecule has 0 fully saturated rings. The van der Waals surface area contributed by atoms with Crippen LogP contribution in [-0.4, -0.2) is 7.11 Å². The lowest BCUT2D eigenvalue weighted by Crippen LogP contribution is -1.82. The van der Waals surface area contributed by atoms with Crippen LogP contribution in [0, 0.1) is 0 Å². The molecule has 0 radical (unpaired) electrons. The number of methoxy groups -OCH3 is 1. The number of hydrogen-bond acceptors (Lipinski definition) is 1. The predicted molar refractivity (Wildman–Crippen MR) is 85.9 cm³/mol. The van der Waals surface area contributed by atoms with E-state index < -0.39 is 0 Å². The van der Waals surface area contributed by atoms with Gasteiger partial charge in [0.25, 0.3) is 0 Å². The van der Waals surface area contributed by atoms with Crippen molar-refractivity contribution in [1.82, 2.24) is 0 Å². The Balaban J connectivity index is 1.91. The van der Waals surface area contributed by atoms with E-state index in [1.807, 2.05) is 24.3 Å². The molecule has 3 aromatic rings. The second-order valence-electron chi connectivity index (χ2n) is 4.72. The summed E-state index contributed by atoms with van der Waals surface area (Å²) < 4.78 is 5.24. The number of rotatable bonds is 3. The van der Waals surface area contributed by atoms with Crippen LogP contribution in [0.1, 0.15) is 11.1 Å². The van der Waals surface area contributed by atoms with E-state index >= 15 is 0 Å². The number of hydrogen-bond donors (Lipinski definition) is 0. The predicted octanol–water partition coefficient (Wildman–Crippen LogP) is 5.02. The van der Waals surface area contributed by atoms with Crippen molar-refractivity contribution in [3.8, 4) is 5.75 Å². The normalized spacial score (nSPS) is 11.1. The number of benzene rings is 3. The largest absolute Gasteiger partial charge is 0.497 e. The number of fused-ring (bicyclic) bond motifs is 1. The molecule has 0 saturated carbocycles. The Hall–Kier alpha value is -2.54. The average Bonchev–Trinajstić information content (AvgIpc) is 2.53. The summed E-state index contributed by atoms with van der Waals surface area (Å²) in [6.07, 6.45) is 4.27. The maximum atomic E-state index is 5.24. The molecule has 3 aromatic carbocycles. The minimum absolute atomic E-state index is 0.894. The fourth-order valence-corrected chi connectivity index (χ4v) is 2.23. The Bertz CT molecular complexity index is 742. The van der Waals surface area contributed by atoms with Crippen LogP contribution in [0.2, 0.25) is 0 Å². The Kier molecular flexibility index (Phi) is 3.51. The summed E-state index contributed by atoms with van der Waals surface area (Å²) >= 11 is 0. The molecule has 1 nitrogen and oxygen atoms in total. The van der Waals surface area contributed by atoms with Gasteiger partial charge >= 0.3 is 0 Å². The second-order valence-corrected chi connectivity index (χ2v) is 4.72. The molecule has 0 aliphatic rings. The number of ether oxygens (including phenoxy) is 1. The molecule has 0 aliphatic heterocycles. The van der Waals surface area contributed by atoms with Crippen LogP contribution in [0.25, 0.3) is 22.9 Å². The first kappa shape index (κ1) is 12.5. The minimum Gasteiger partial charge on any atom is -0.497 e. The SMILES string of the molecule is COc1ccc2cc(/C=C/c3ccccc3)ccc2c1. The van der Waals surface area contributed by atoms with Gasteiger partial charge in [0.2, 0.25) is 0 Å². The van der Waals surface area contributed by atoms with Crippen molar-refractivity contribution in [2.24, 2.45) is 0 Å². The first-order chi connectivity index (χ1) is 9.85. The molecule has 0 spiro atoms. The van der Waals surface area contributed by atoms with Gasteiger partial charge in [-0.25, -0.2) is 0 Å². The van der Waals surface area contributed by atoms with Crippen molar-refractivity contribution in [1.29, 1.82) is 0 Å². The molecule has 0 N–H and O–H groups in total. The van der Waals surface area contributed by atoms with Gasteiger partial charge in [0, 0.05) is 0 Å². The smallest absolute Gasteiger partial charge is 0.119 e. The van der Waals surface area contributed by atoms with Crippen molar-refractivity contribution in [2.75, 3.05) is 7.11 Å². The molecule has 0 aromatic heterocycles. The highest BCUT2D eigenvalue weighted by Crippen LogP contribution is 2.22. The van der Waals surface area contributed by atoms with E-state index in [2.05, 4.69) is 54.6 Å². The molecule has 0 atom stereocenters. The lowest BCUT2D eigenvalue weighted by atomic mass is 10.1. The van der Waals surface area contributed by atoms with Gasteiger partial charge in [0.15, 0.2) is 0 Å². The van der Waals surface area contributed by atoms with Crippen LogP contribution in [0.3, 0.4) is 0 Å². The summed E-state index contributed by atoms with van der Waals surface area (Å²) in [5.41, 5.74) is 2.41. The lowest BCUT2D eigenvalue weighted by molar-refractivity contribution is 0.415.